The van der Waals surface area contributed by atoms with E-state index in [-0.39, 0.29) is 6.04 Å². The lowest BCUT2D eigenvalue weighted by molar-refractivity contribution is 0.408. The summed E-state index contributed by atoms with van der Waals surface area (Å²) in [6.07, 6.45) is 2.91. The predicted octanol–water partition coefficient (Wildman–Crippen LogP) is 4.54. The van der Waals surface area contributed by atoms with Crippen LogP contribution in [0.2, 0.25) is 5.02 Å². The molecule has 0 aliphatic rings. The molecule has 2 aromatic carbocycles. The van der Waals surface area contributed by atoms with E-state index in [4.69, 9.17) is 22.1 Å². The molecule has 0 radical (unpaired) electrons. The summed E-state index contributed by atoms with van der Waals surface area (Å²) < 4.78 is 5.48. The average molecular weight is 304 g/mol. The minimum atomic E-state index is 0.00964. The zero-order chi connectivity index (χ0) is 15.2. The van der Waals surface area contributed by atoms with Crippen molar-refractivity contribution < 1.29 is 4.74 Å². The van der Waals surface area contributed by atoms with Gasteiger partial charge in [-0.15, -0.1) is 0 Å². The number of halogens is 1. The van der Waals surface area contributed by atoms with E-state index < -0.39 is 0 Å². The van der Waals surface area contributed by atoms with Crippen molar-refractivity contribution in [2.45, 2.75) is 32.2 Å². The molecule has 112 valence electrons. The van der Waals surface area contributed by atoms with Crippen LogP contribution >= 0.6 is 11.6 Å². The highest BCUT2D eigenvalue weighted by Gasteiger charge is 2.12. The molecule has 2 nitrogen and oxygen atoms in total. The maximum atomic E-state index is 6.20. The monoisotopic (exact) mass is 303 g/mol. The van der Waals surface area contributed by atoms with Gasteiger partial charge in [-0.2, -0.15) is 0 Å². The number of hydrogen-bond donors (Lipinski definition) is 1. The van der Waals surface area contributed by atoms with E-state index in [0.29, 0.717) is 0 Å². The van der Waals surface area contributed by atoms with Crippen LogP contribution in [-0.4, -0.2) is 7.11 Å². The Labute approximate surface area is 131 Å². The van der Waals surface area contributed by atoms with Gasteiger partial charge in [-0.3, -0.25) is 0 Å². The molecular formula is C18H22ClNO. The molecule has 0 aliphatic carbocycles. The van der Waals surface area contributed by atoms with E-state index in [0.717, 1.165) is 35.6 Å². The molecule has 2 rings (SSSR count). The van der Waals surface area contributed by atoms with E-state index >= 15 is 0 Å². The summed E-state index contributed by atoms with van der Waals surface area (Å²) in [5.41, 5.74) is 9.63. The lowest BCUT2D eigenvalue weighted by atomic mass is 9.95. The molecule has 1 atom stereocenters. The Kier molecular flexibility index (Phi) is 5.66. The summed E-state index contributed by atoms with van der Waals surface area (Å²) >= 11 is 6.20. The number of benzene rings is 2. The van der Waals surface area contributed by atoms with Crippen LogP contribution in [0, 0.1) is 0 Å². The van der Waals surface area contributed by atoms with Gasteiger partial charge in [0.2, 0.25) is 0 Å². The maximum absolute atomic E-state index is 6.20. The minimum Gasteiger partial charge on any atom is -0.496 e. The standard InChI is InChI=1S/C18H22ClNO/c1-13(20)15-9-6-12-18(21-2)16(15)10-5-8-14-7-3-4-11-17(14)19/h3-4,6-7,9,11-13H,5,8,10,20H2,1-2H3. The summed E-state index contributed by atoms with van der Waals surface area (Å²) in [5.74, 6) is 0.920. The van der Waals surface area contributed by atoms with Gasteiger partial charge in [0.25, 0.3) is 0 Å². The number of hydrogen-bond acceptors (Lipinski definition) is 2. The molecule has 2 aromatic rings. The molecule has 0 saturated carbocycles. The first-order chi connectivity index (χ1) is 10.1. The van der Waals surface area contributed by atoms with Crippen LogP contribution in [0.5, 0.6) is 5.75 Å². The van der Waals surface area contributed by atoms with E-state index in [2.05, 4.69) is 12.1 Å². The molecule has 0 bridgehead atoms. The number of nitrogens with two attached hydrogens (primary N) is 1. The molecule has 0 heterocycles. The van der Waals surface area contributed by atoms with Crippen LogP contribution in [0.4, 0.5) is 0 Å². The van der Waals surface area contributed by atoms with Crippen LogP contribution in [0.25, 0.3) is 0 Å². The Bertz CT molecular complexity index is 596. The zero-order valence-corrected chi connectivity index (χ0v) is 13.4. The van der Waals surface area contributed by atoms with E-state index in [1.807, 2.05) is 37.3 Å². The summed E-state index contributed by atoms with van der Waals surface area (Å²) in [6.45, 7) is 2.01. The van der Waals surface area contributed by atoms with Crippen LogP contribution in [0.1, 0.15) is 36.1 Å². The molecule has 0 saturated heterocycles. The van der Waals surface area contributed by atoms with Gasteiger partial charge in [-0.25, -0.2) is 0 Å². The van der Waals surface area contributed by atoms with Crippen molar-refractivity contribution in [2.24, 2.45) is 5.73 Å². The number of rotatable bonds is 6. The fourth-order valence-corrected chi connectivity index (χ4v) is 2.85. The van der Waals surface area contributed by atoms with Gasteiger partial charge in [0.05, 0.1) is 7.11 Å². The molecule has 1 unspecified atom stereocenters. The first kappa shape index (κ1) is 15.9. The highest BCUT2D eigenvalue weighted by molar-refractivity contribution is 6.31. The van der Waals surface area contributed by atoms with Gasteiger partial charge >= 0.3 is 0 Å². The van der Waals surface area contributed by atoms with Crippen LogP contribution in [0.3, 0.4) is 0 Å². The molecule has 21 heavy (non-hydrogen) atoms. The normalized spacial score (nSPS) is 12.2. The predicted molar refractivity (Wildman–Crippen MR) is 89.1 cm³/mol. The van der Waals surface area contributed by atoms with Gasteiger partial charge in [0, 0.05) is 11.1 Å². The quantitative estimate of drug-likeness (QED) is 0.850. The smallest absolute Gasteiger partial charge is 0.122 e. The average Bonchev–Trinajstić information content (AvgIpc) is 2.49. The van der Waals surface area contributed by atoms with Crippen LogP contribution in [0.15, 0.2) is 42.5 Å². The number of ether oxygens (including phenoxy) is 1. The summed E-state index contributed by atoms with van der Waals surface area (Å²) in [4.78, 5) is 0. The lowest BCUT2D eigenvalue weighted by Crippen LogP contribution is -2.09. The molecule has 2 N–H and O–H groups in total. The van der Waals surface area contributed by atoms with Crippen molar-refractivity contribution in [2.75, 3.05) is 7.11 Å². The SMILES string of the molecule is COc1cccc(C(C)N)c1CCCc1ccccc1Cl. The summed E-state index contributed by atoms with van der Waals surface area (Å²) in [7, 11) is 1.71. The second-order valence-corrected chi connectivity index (χ2v) is 5.67. The van der Waals surface area contributed by atoms with Crippen molar-refractivity contribution in [1.82, 2.24) is 0 Å². The second kappa shape index (κ2) is 7.48. The van der Waals surface area contributed by atoms with E-state index in [1.165, 1.54) is 11.1 Å². The zero-order valence-electron chi connectivity index (χ0n) is 12.6. The molecule has 0 aliphatic heterocycles. The largest absolute Gasteiger partial charge is 0.496 e. The third kappa shape index (κ3) is 3.99. The third-order valence-electron chi connectivity index (χ3n) is 3.71. The van der Waals surface area contributed by atoms with Crippen LogP contribution < -0.4 is 10.5 Å². The first-order valence-corrected chi connectivity index (χ1v) is 7.66. The highest BCUT2D eigenvalue weighted by Crippen LogP contribution is 2.28. The fourth-order valence-electron chi connectivity index (χ4n) is 2.62. The van der Waals surface area contributed by atoms with Gasteiger partial charge in [0.1, 0.15) is 5.75 Å². The lowest BCUT2D eigenvalue weighted by Gasteiger charge is -2.16. The Hall–Kier alpha value is -1.51. The van der Waals surface area contributed by atoms with Gasteiger partial charge < -0.3 is 10.5 Å². The molecule has 0 fully saturated rings. The van der Waals surface area contributed by atoms with Crippen molar-refractivity contribution in [3.63, 3.8) is 0 Å². The van der Waals surface area contributed by atoms with Crippen molar-refractivity contribution >= 4 is 11.6 Å². The van der Waals surface area contributed by atoms with Crippen molar-refractivity contribution in [1.29, 1.82) is 0 Å². The number of aryl methyl sites for hydroxylation is 1. The molecule has 0 amide bonds. The molecule has 3 heteroatoms. The minimum absolute atomic E-state index is 0.00964. The Balaban J connectivity index is 2.11. The highest BCUT2D eigenvalue weighted by atomic mass is 35.5. The Morgan fingerprint density at radius 1 is 1.10 bits per heavy atom. The van der Waals surface area contributed by atoms with Crippen molar-refractivity contribution in [3.8, 4) is 5.75 Å². The van der Waals surface area contributed by atoms with Gasteiger partial charge in [-0.05, 0) is 55.0 Å². The Morgan fingerprint density at radius 2 is 1.86 bits per heavy atom. The fraction of sp³-hybridized carbons (Fsp3) is 0.333. The second-order valence-electron chi connectivity index (χ2n) is 5.26. The van der Waals surface area contributed by atoms with E-state index in [1.54, 1.807) is 7.11 Å². The molecular weight excluding hydrogens is 282 g/mol. The molecule has 0 aromatic heterocycles. The maximum Gasteiger partial charge on any atom is 0.122 e. The number of methoxy groups -OCH3 is 1. The van der Waals surface area contributed by atoms with Crippen LogP contribution in [-0.2, 0) is 12.8 Å². The van der Waals surface area contributed by atoms with Gasteiger partial charge in [-0.1, -0.05) is 41.9 Å². The first-order valence-electron chi connectivity index (χ1n) is 7.28. The summed E-state index contributed by atoms with van der Waals surface area (Å²) in [5, 5.41) is 0.838. The van der Waals surface area contributed by atoms with Gasteiger partial charge in [0.15, 0.2) is 0 Å². The summed E-state index contributed by atoms with van der Waals surface area (Å²) in [6, 6.07) is 14.1. The van der Waals surface area contributed by atoms with E-state index in [9.17, 15) is 0 Å². The topological polar surface area (TPSA) is 35.2 Å². The third-order valence-corrected chi connectivity index (χ3v) is 4.08. The van der Waals surface area contributed by atoms with Crippen molar-refractivity contribution in [3.05, 3.63) is 64.2 Å². The Morgan fingerprint density at radius 3 is 2.52 bits per heavy atom. The molecule has 0 spiro atoms.